The summed E-state index contributed by atoms with van der Waals surface area (Å²) in [6, 6.07) is 14.4. The predicted molar refractivity (Wildman–Crippen MR) is 118 cm³/mol. The molecular weight excluding hydrogens is 431 g/mol. The minimum absolute atomic E-state index is 0.0119. The lowest BCUT2D eigenvalue weighted by molar-refractivity contribution is -0.137. The van der Waals surface area contributed by atoms with Gasteiger partial charge >= 0.3 is 6.18 Å². The van der Waals surface area contributed by atoms with E-state index in [0.717, 1.165) is 41.4 Å². The van der Waals surface area contributed by atoms with Gasteiger partial charge in [0.2, 0.25) is 0 Å². The summed E-state index contributed by atoms with van der Waals surface area (Å²) in [5.74, 6) is 0.603. The van der Waals surface area contributed by atoms with Crippen molar-refractivity contribution in [3.05, 3.63) is 89.9 Å². The van der Waals surface area contributed by atoms with Crippen LogP contribution in [0.3, 0.4) is 0 Å². The number of nitrogens with zero attached hydrogens (tertiary/aromatic N) is 1. The summed E-state index contributed by atoms with van der Waals surface area (Å²) in [6.07, 6.45) is 1.98. The van der Waals surface area contributed by atoms with Crippen LogP contribution in [0.1, 0.15) is 40.2 Å². The van der Waals surface area contributed by atoms with Crippen LogP contribution in [0.25, 0.3) is 10.9 Å². The number of fused-ring (bicyclic) bond motifs is 1. The lowest BCUT2D eigenvalue weighted by Crippen LogP contribution is -2.32. The van der Waals surface area contributed by atoms with Crippen LogP contribution < -0.4 is 10.1 Å². The highest BCUT2D eigenvalue weighted by molar-refractivity contribution is 6.09. The first-order valence-corrected chi connectivity index (χ1v) is 10.5. The summed E-state index contributed by atoms with van der Waals surface area (Å²) >= 11 is 0. The van der Waals surface area contributed by atoms with Crippen LogP contribution >= 0.6 is 0 Å². The average Bonchev–Trinajstić information content (AvgIpc) is 3.18. The number of nitrogens with one attached hydrogen (secondary N) is 2. The standard InChI is InChI=1S/C25H20F3N3O2/c26-25(27,28)18-5-3-15(4-6-18)17-10-20(11-17)33-19-7-8-22-21(12-19)23(14-30-22)31-24(32)16-2-1-9-29-13-16/h1-9,12-14,17,20,30H,10-11H2,(H,31,32)/t17-,20-. The number of benzene rings is 2. The van der Waals surface area contributed by atoms with E-state index in [0.29, 0.717) is 17.0 Å². The van der Waals surface area contributed by atoms with Crippen molar-refractivity contribution in [2.75, 3.05) is 5.32 Å². The number of halogens is 3. The number of amides is 1. The van der Waals surface area contributed by atoms with Crippen molar-refractivity contribution >= 4 is 22.5 Å². The maximum atomic E-state index is 12.7. The van der Waals surface area contributed by atoms with Gasteiger partial charge in [0.25, 0.3) is 5.91 Å². The molecule has 0 unspecified atom stereocenters. The zero-order chi connectivity index (χ0) is 23.0. The van der Waals surface area contributed by atoms with Crippen LogP contribution in [0.5, 0.6) is 5.75 Å². The third-order valence-corrected chi connectivity index (χ3v) is 5.93. The molecule has 0 spiro atoms. The smallest absolute Gasteiger partial charge is 0.416 e. The van der Waals surface area contributed by atoms with E-state index in [4.69, 9.17) is 4.74 Å². The Morgan fingerprint density at radius 1 is 1.09 bits per heavy atom. The number of H-pyrrole nitrogens is 1. The Balaban J connectivity index is 1.23. The number of rotatable bonds is 5. The van der Waals surface area contributed by atoms with Gasteiger partial charge in [0.1, 0.15) is 5.75 Å². The molecule has 0 atom stereocenters. The quantitative estimate of drug-likeness (QED) is 0.382. The van der Waals surface area contributed by atoms with E-state index in [9.17, 15) is 18.0 Å². The van der Waals surface area contributed by atoms with Gasteiger partial charge in [-0.25, -0.2) is 0 Å². The molecule has 168 valence electrons. The first-order valence-electron chi connectivity index (χ1n) is 10.5. The summed E-state index contributed by atoms with van der Waals surface area (Å²) < 4.78 is 44.3. The number of anilines is 1. The van der Waals surface area contributed by atoms with E-state index >= 15 is 0 Å². The van der Waals surface area contributed by atoms with Gasteiger partial charge in [-0.3, -0.25) is 9.78 Å². The molecule has 1 fully saturated rings. The summed E-state index contributed by atoms with van der Waals surface area (Å²) in [6.45, 7) is 0. The largest absolute Gasteiger partial charge is 0.490 e. The van der Waals surface area contributed by atoms with Crippen LogP contribution in [0.15, 0.2) is 73.2 Å². The molecule has 0 aliphatic heterocycles. The van der Waals surface area contributed by atoms with Gasteiger partial charge in [-0.05, 0) is 66.8 Å². The van der Waals surface area contributed by atoms with Crippen molar-refractivity contribution in [1.82, 2.24) is 9.97 Å². The van der Waals surface area contributed by atoms with E-state index < -0.39 is 11.7 Å². The molecule has 8 heteroatoms. The molecule has 2 aromatic heterocycles. The van der Waals surface area contributed by atoms with E-state index in [1.807, 2.05) is 18.2 Å². The van der Waals surface area contributed by atoms with Gasteiger partial charge in [0.05, 0.1) is 22.9 Å². The van der Waals surface area contributed by atoms with Crippen molar-refractivity contribution < 1.29 is 22.7 Å². The monoisotopic (exact) mass is 451 g/mol. The Kier molecular flexibility index (Phi) is 5.28. The molecule has 2 N–H and O–H groups in total. The zero-order valence-electron chi connectivity index (χ0n) is 17.4. The number of carbonyl (C=O) groups excluding carboxylic acids is 1. The van der Waals surface area contributed by atoms with Crippen molar-refractivity contribution in [2.24, 2.45) is 0 Å². The summed E-state index contributed by atoms with van der Waals surface area (Å²) in [4.78, 5) is 19.6. The van der Waals surface area contributed by atoms with Crippen molar-refractivity contribution in [3.63, 3.8) is 0 Å². The second kappa shape index (κ2) is 8.27. The van der Waals surface area contributed by atoms with Gasteiger partial charge in [-0.1, -0.05) is 12.1 Å². The molecule has 5 rings (SSSR count). The second-order valence-corrected chi connectivity index (χ2v) is 8.13. The Bertz CT molecular complexity index is 1280. The number of ether oxygens (including phenoxy) is 1. The first-order chi connectivity index (χ1) is 15.9. The molecule has 0 radical (unpaired) electrons. The highest BCUT2D eigenvalue weighted by Gasteiger charge is 2.34. The van der Waals surface area contributed by atoms with Gasteiger partial charge in [0.15, 0.2) is 0 Å². The van der Waals surface area contributed by atoms with Crippen LogP contribution in [0.2, 0.25) is 0 Å². The minimum atomic E-state index is -4.32. The summed E-state index contributed by atoms with van der Waals surface area (Å²) in [7, 11) is 0. The second-order valence-electron chi connectivity index (χ2n) is 8.13. The van der Waals surface area contributed by atoms with Gasteiger partial charge in [-0.2, -0.15) is 13.2 Å². The first kappa shape index (κ1) is 21.1. The predicted octanol–water partition coefficient (Wildman–Crippen LogP) is 6.16. The summed E-state index contributed by atoms with van der Waals surface area (Å²) in [5, 5.41) is 3.71. The lowest BCUT2D eigenvalue weighted by atomic mass is 9.77. The Morgan fingerprint density at radius 3 is 2.58 bits per heavy atom. The number of aromatic amines is 1. The topological polar surface area (TPSA) is 67.0 Å². The fourth-order valence-corrected chi connectivity index (χ4v) is 4.04. The number of hydrogen-bond donors (Lipinski definition) is 2. The highest BCUT2D eigenvalue weighted by atomic mass is 19.4. The fraction of sp³-hybridized carbons (Fsp3) is 0.200. The van der Waals surface area contributed by atoms with E-state index in [1.165, 1.54) is 6.20 Å². The zero-order valence-corrected chi connectivity index (χ0v) is 17.4. The molecule has 2 heterocycles. The molecule has 1 aliphatic rings. The van der Waals surface area contributed by atoms with Gasteiger partial charge in [0, 0.05) is 29.5 Å². The van der Waals surface area contributed by atoms with E-state index in [1.54, 1.807) is 36.7 Å². The molecule has 1 saturated carbocycles. The van der Waals surface area contributed by atoms with Gasteiger partial charge < -0.3 is 15.0 Å². The van der Waals surface area contributed by atoms with Crippen molar-refractivity contribution in [3.8, 4) is 5.75 Å². The average molecular weight is 451 g/mol. The maximum Gasteiger partial charge on any atom is 0.416 e. The third kappa shape index (κ3) is 4.41. The van der Waals surface area contributed by atoms with Crippen molar-refractivity contribution in [2.45, 2.75) is 31.0 Å². The number of carbonyl (C=O) groups is 1. The Labute approximate surface area is 187 Å². The van der Waals surface area contributed by atoms with Crippen molar-refractivity contribution in [1.29, 1.82) is 0 Å². The lowest BCUT2D eigenvalue weighted by Gasteiger charge is -2.35. The number of aromatic nitrogens is 2. The molecule has 1 amide bonds. The number of hydrogen-bond acceptors (Lipinski definition) is 3. The third-order valence-electron chi connectivity index (χ3n) is 5.93. The van der Waals surface area contributed by atoms with Gasteiger partial charge in [-0.15, -0.1) is 0 Å². The number of pyridine rings is 1. The molecule has 2 aromatic carbocycles. The summed E-state index contributed by atoms with van der Waals surface area (Å²) in [5.41, 5.74) is 2.22. The normalized spacial score (nSPS) is 18.0. The van der Waals surface area contributed by atoms with Crippen LogP contribution in [-0.4, -0.2) is 22.0 Å². The maximum absolute atomic E-state index is 12.7. The van der Waals surface area contributed by atoms with Crippen LogP contribution in [-0.2, 0) is 6.18 Å². The van der Waals surface area contributed by atoms with E-state index in [2.05, 4.69) is 15.3 Å². The Morgan fingerprint density at radius 2 is 1.88 bits per heavy atom. The molecule has 0 bridgehead atoms. The Hall–Kier alpha value is -3.81. The SMILES string of the molecule is O=C(Nc1c[nH]c2ccc(O[C@H]3C[C@H](c4ccc(C(F)(F)F)cc4)C3)cc12)c1cccnc1. The minimum Gasteiger partial charge on any atom is -0.490 e. The molecular formula is C25H20F3N3O2. The fourth-order valence-electron chi connectivity index (χ4n) is 4.04. The van der Waals surface area contributed by atoms with Crippen LogP contribution in [0.4, 0.5) is 18.9 Å². The molecule has 4 aromatic rings. The molecule has 33 heavy (non-hydrogen) atoms. The van der Waals surface area contributed by atoms with Crippen LogP contribution in [0, 0.1) is 0 Å². The van der Waals surface area contributed by atoms with E-state index in [-0.39, 0.29) is 17.9 Å². The molecule has 0 saturated heterocycles. The highest BCUT2D eigenvalue weighted by Crippen LogP contribution is 2.41. The molecule has 5 nitrogen and oxygen atoms in total. The number of alkyl halides is 3. The molecule has 1 aliphatic carbocycles.